The lowest BCUT2D eigenvalue weighted by Gasteiger charge is -2.00. The van der Waals surface area contributed by atoms with Gasteiger partial charge in [0.05, 0.1) is 0 Å². The SMILES string of the molecule is C=C(O)c1ccc(Oc2ccccc2)o1. The van der Waals surface area contributed by atoms with Gasteiger partial charge in [0, 0.05) is 6.07 Å². The first kappa shape index (κ1) is 9.40. The summed E-state index contributed by atoms with van der Waals surface area (Å²) in [5, 5.41) is 9.06. The van der Waals surface area contributed by atoms with E-state index in [1.165, 1.54) is 0 Å². The standard InChI is InChI=1S/C12H10O3/c1-9(13)11-7-8-12(15-11)14-10-5-3-2-4-6-10/h2-8,13H,1H2. The summed E-state index contributed by atoms with van der Waals surface area (Å²) in [6.07, 6.45) is 0. The van der Waals surface area contributed by atoms with E-state index in [1.807, 2.05) is 30.3 Å². The Morgan fingerprint density at radius 2 is 1.87 bits per heavy atom. The monoisotopic (exact) mass is 202 g/mol. The van der Waals surface area contributed by atoms with E-state index in [9.17, 15) is 0 Å². The molecule has 0 amide bonds. The van der Waals surface area contributed by atoms with E-state index in [4.69, 9.17) is 14.3 Å². The first-order chi connectivity index (χ1) is 7.25. The number of hydrogen-bond acceptors (Lipinski definition) is 3. The minimum absolute atomic E-state index is 0.113. The molecule has 0 spiro atoms. The summed E-state index contributed by atoms with van der Waals surface area (Å²) in [5.74, 6) is 1.20. The summed E-state index contributed by atoms with van der Waals surface area (Å²) in [6.45, 7) is 3.35. The molecule has 0 aliphatic heterocycles. The van der Waals surface area contributed by atoms with Crippen molar-refractivity contribution in [1.82, 2.24) is 0 Å². The van der Waals surface area contributed by atoms with Crippen LogP contribution >= 0.6 is 0 Å². The number of aliphatic hydroxyl groups excluding tert-OH is 1. The second-order valence-electron chi connectivity index (χ2n) is 2.98. The molecule has 0 saturated heterocycles. The topological polar surface area (TPSA) is 42.6 Å². The van der Waals surface area contributed by atoms with Gasteiger partial charge < -0.3 is 14.3 Å². The molecule has 2 rings (SSSR count). The number of furan rings is 1. The van der Waals surface area contributed by atoms with Gasteiger partial charge in [-0.15, -0.1) is 0 Å². The highest BCUT2D eigenvalue weighted by molar-refractivity contribution is 5.50. The molecule has 0 unspecified atom stereocenters. The van der Waals surface area contributed by atoms with Crippen LogP contribution in [0.1, 0.15) is 5.76 Å². The van der Waals surface area contributed by atoms with Crippen LogP contribution in [0, 0.1) is 0 Å². The first-order valence-electron chi connectivity index (χ1n) is 4.47. The fraction of sp³-hybridized carbons (Fsp3) is 0. The molecular weight excluding hydrogens is 192 g/mol. The van der Waals surface area contributed by atoms with Gasteiger partial charge in [-0.1, -0.05) is 24.8 Å². The third-order valence-corrected chi connectivity index (χ3v) is 1.83. The number of hydrogen-bond donors (Lipinski definition) is 1. The average molecular weight is 202 g/mol. The Morgan fingerprint density at radius 3 is 2.47 bits per heavy atom. The van der Waals surface area contributed by atoms with Crippen LogP contribution in [0.2, 0.25) is 0 Å². The molecule has 1 aromatic carbocycles. The molecule has 0 aliphatic carbocycles. The predicted octanol–water partition coefficient (Wildman–Crippen LogP) is 3.60. The fourth-order valence-electron chi connectivity index (χ4n) is 1.13. The van der Waals surface area contributed by atoms with Crippen LogP contribution in [-0.2, 0) is 0 Å². The molecule has 0 atom stereocenters. The average Bonchev–Trinajstić information content (AvgIpc) is 2.68. The molecule has 15 heavy (non-hydrogen) atoms. The van der Waals surface area contributed by atoms with Crippen LogP contribution in [-0.4, -0.2) is 5.11 Å². The predicted molar refractivity (Wildman–Crippen MR) is 56.9 cm³/mol. The Morgan fingerprint density at radius 1 is 1.13 bits per heavy atom. The summed E-state index contributed by atoms with van der Waals surface area (Å²) in [6, 6.07) is 12.5. The van der Waals surface area contributed by atoms with Crippen molar-refractivity contribution in [2.75, 3.05) is 0 Å². The van der Waals surface area contributed by atoms with Crippen molar-refractivity contribution in [3.63, 3.8) is 0 Å². The van der Waals surface area contributed by atoms with Crippen LogP contribution in [0.3, 0.4) is 0 Å². The van der Waals surface area contributed by atoms with Gasteiger partial charge in [-0.3, -0.25) is 0 Å². The second kappa shape index (κ2) is 3.92. The van der Waals surface area contributed by atoms with Gasteiger partial charge in [0.15, 0.2) is 11.5 Å². The van der Waals surface area contributed by atoms with Crippen LogP contribution in [0.25, 0.3) is 5.76 Å². The zero-order chi connectivity index (χ0) is 10.7. The Hall–Kier alpha value is -2.16. The van der Waals surface area contributed by atoms with Crippen molar-refractivity contribution < 1.29 is 14.3 Å². The zero-order valence-electron chi connectivity index (χ0n) is 8.01. The summed E-state index contributed by atoms with van der Waals surface area (Å²) in [5.41, 5.74) is 0. The Kier molecular flexibility index (Phi) is 2.46. The van der Waals surface area contributed by atoms with Crippen molar-refractivity contribution in [1.29, 1.82) is 0 Å². The molecule has 2 aromatic rings. The number of rotatable bonds is 3. The third-order valence-electron chi connectivity index (χ3n) is 1.83. The Bertz CT molecular complexity index is 457. The summed E-state index contributed by atoms with van der Waals surface area (Å²) >= 11 is 0. The molecule has 1 heterocycles. The number of ether oxygens (including phenoxy) is 1. The molecule has 0 bridgehead atoms. The van der Waals surface area contributed by atoms with Crippen molar-refractivity contribution in [3.05, 3.63) is 54.8 Å². The molecular formula is C12H10O3. The molecule has 0 saturated carbocycles. The lowest BCUT2D eigenvalue weighted by atomic mass is 10.3. The van der Waals surface area contributed by atoms with Gasteiger partial charge >= 0.3 is 0 Å². The maximum absolute atomic E-state index is 9.06. The van der Waals surface area contributed by atoms with Gasteiger partial charge in [-0.2, -0.15) is 0 Å². The van der Waals surface area contributed by atoms with E-state index >= 15 is 0 Å². The van der Waals surface area contributed by atoms with E-state index in [1.54, 1.807) is 12.1 Å². The highest BCUT2D eigenvalue weighted by Gasteiger charge is 2.05. The largest absolute Gasteiger partial charge is 0.505 e. The van der Waals surface area contributed by atoms with Crippen LogP contribution < -0.4 is 4.74 Å². The summed E-state index contributed by atoms with van der Waals surface area (Å²) in [4.78, 5) is 0. The van der Waals surface area contributed by atoms with Crippen molar-refractivity contribution in [2.45, 2.75) is 0 Å². The maximum atomic E-state index is 9.06. The van der Waals surface area contributed by atoms with E-state index in [0.29, 0.717) is 17.5 Å². The lowest BCUT2D eigenvalue weighted by Crippen LogP contribution is -1.80. The number of aliphatic hydroxyl groups is 1. The Balaban J connectivity index is 2.15. The minimum atomic E-state index is -0.113. The Labute approximate surface area is 87.2 Å². The van der Waals surface area contributed by atoms with Gasteiger partial charge in [-0.25, -0.2) is 0 Å². The molecule has 1 N–H and O–H groups in total. The summed E-state index contributed by atoms with van der Waals surface area (Å²) < 4.78 is 10.6. The fourth-order valence-corrected chi connectivity index (χ4v) is 1.13. The van der Waals surface area contributed by atoms with Gasteiger partial charge in [-0.05, 0) is 18.2 Å². The highest BCUT2D eigenvalue weighted by atomic mass is 16.6. The van der Waals surface area contributed by atoms with E-state index < -0.39 is 0 Å². The van der Waals surface area contributed by atoms with Crippen LogP contribution in [0.15, 0.2) is 53.5 Å². The summed E-state index contributed by atoms with van der Waals surface area (Å²) in [7, 11) is 0. The van der Waals surface area contributed by atoms with Gasteiger partial charge in [0.2, 0.25) is 0 Å². The lowest BCUT2D eigenvalue weighted by molar-refractivity contribution is 0.334. The quantitative estimate of drug-likeness (QED) is 0.773. The number of benzene rings is 1. The number of para-hydroxylation sites is 1. The van der Waals surface area contributed by atoms with Crippen LogP contribution in [0.5, 0.6) is 11.7 Å². The normalized spacial score (nSPS) is 9.87. The smallest absolute Gasteiger partial charge is 0.290 e. The van der Waals surface area contributed by atoms with Gasteiger partial charge in [0.25, 0.3) is 5.95 Å². The van der Waals surface area contributed by atoms with E-state index in [0.717, 1.165) is 0 Å². The molecule has 3 heteroatoms. The highest BCUT2D eigenvalue weighted by Crippen LogP contribution is 2.25. The second-order valence-corrected chi connectivity index (χ2v) is 2.98. The van der Waals surface area contributed by atoms with Crippen molar-refractivity contribution in [3.8, 4) is 11.7 Å². The molecule has 0 fully saturated rings. The van der Waals surface area contributed by atoms with Gasteiger partial charge in [0.1, 0.15) is 5.75 Å². The van der Waals surface area contributed by atoms with Crippen molar-refractivity contribution in [2.24, 2.45) is 0 Å². The van der Waals surface area contributed by atoms with E-state index in [-0.39, 0.29) is 5.76 Å². The maximum Gasteiger partial charge on any atom is 0.290 e. The molecule has 76 valence electrons. The molecule has 1 aromatic heterocycles. The van der Waals surface area contributed by atoms with Crippen molar-refractivity contribution >= 4 is 5.76 Å². The van der Waals surface area contributed by atoms with E-state index in [2.05, 4.69) is 6.58 Å². The first-order valence-corrected chi connectivity index (χ1v) is 4.47. The molecule has 0 aliphatic rings. The zero-order valence-corrected chi connectivity index (χ0v) is 8.01. The minimum Gasteiger partial charge on any atom is -0.505 e. The third kappa shape index (κ3) is 2.20. The molecule has 0 radical (unpaired) electrons. The van der Waals surface area contributed by atoms with Crippen LogP contribution in [0.4, 0.5) is 0 Å². The molecule has 3 nitrogen and oxygen atoms in total.